The van der Waals surface area contributed by atoms with Crippen molar-refractivity contribution in [3.63, 3.8) is 0 Å². The molecule has 2 nitrogen and oxygen atoms in total. The molecule has 0 spiro atoms. The first kappa shape index (κ1) is 16.8. The Morgan fingerprint density at radius 2 is 1.25 bits per heavy atom. The third-order valence-corrected chi connectivity index (χ3v) is 1.58. The van der Waals surface area contributed by atoms with Crippen LogP contribution in [0.15, 0.2) is 87.2 Å². The van der Waals surface area contributed by atoms with E-state index in [-0.39, 0.29) is 6.04 Å². The number of rotatable bonds is 2. The van der Waals surface area contributed by atoms with Gasteiger partial charge < -0.3 is 10.8 Å². The van der Waals surface area contributed by atoms with E-state index in [1.54, 1.807) is 6.92 Å². The van der Waals surface area contributed by atoms with Crippen LogP contribution < -0.4 is 5.73 Å². The van der Waals surface area contributed by atoms with Crippen molar-refractivity contribution in [3.05, 3.63) is 87.2 Å². The van der Waals surface area contributed by atoms with E-state index in [1.807, 2.05) is 0 Å². The lowest BCUT2D eigenvalue weighted by atomic mass is 10.2. The van der Waals surface area contributed by atoms with Crippen LogP contribution in [0.5, 0.6) is 0 Å². The Kier molecular flexibility index (Phi) is 10.3. The van der Waals surface area contributed by atoms with Gasteiger partial charge >= 0.3 is 0 Å². The molecule has 0 radical (unpaired) electrons. The normalized spacial score (nSPS) is 8.95. The Bertz CT molecular complexity index is 822. The fourth-order valence-electron chi connectivity index (χ4n) is 0.640. The highest BCUT2D eigenvalue weighted by atomic mass is 16.3. The van der Waals surface area contributed by atoms with Gasteiger partial charge in [0, 0.05) is 6.04 Å². The molecule has 0 bridgehead atoms. The predicted octanol–water partition coefficient (Wildman–Crippen LogP) is 1.90. The van der Waals surface area contributed by atoms with Gasteiger partial charge in [0.25, 0.3) is 0 Å². The van der Waals surface area contributed by atoms with Gasteiger partial charge in [-0.05, 0) is 82.6 Å². The van der Waals surface area contributed by atoms with Crippen molar-refractivity contribution in [2.24, 2.45) is 5.73 Å². The van der Waals surface area contributed by atoms with Crippen molar-refractivity contribution in [2.75, 3.05) is 0 Å². The maximum atomic E-state index is 9.30. The second-order valence-corrected chi connectivity index (χ2v) is 3.21. The summed E-state index contributed by atoms with van der Waals surface area (Å²) in [4.78, 5) is 0. The lowest BCUT2D eigenvalue weighted by Gasteiger charge is -2.06. The zero-order valence-corrected chi connectivity index (χ0v) is 11.0. The van der Waals surface area contributed by atoms with Gasteiger partial charge in [-0.15, -0.1) is 0 Å². The van der Waals surface area contributed by atoms with E-state index in [9.17, 15) is 5.11 Å². The molecular formula is C18H11NO. The van der Waals surface area contributed by atoms with Crippen LogP contribution in [0.2, 0.25) is 0 Å². The second-order valence-electron chi connectivity index (χ2n) is 3.21. The van der Waals surface area contributed by atoms with E-state index in [2.05, 4.69) is 81.1 Å². The summed E-state index contributed by atoms with van der Waals surface area (Å²) in [7, 11) is 0. The van der Waals surface area contributed by atoms with E-state index >= 15 is 0 Å². The highest BCUT2D eigenvalue weighted by Gasteiger charge is 2.02. The fourth-order valence-corrected chi connectivity index (χ4v) is 0.640. The molecule has 0 aliphatic rings. The SMILES string of the molecule is C=C=C=C=C=C=C=C=C=C=C=C=C=C=C[C@@H](O)[C@H](C)N. The summed E-state index contributed by atoms with van der Waals surface area (Å²) in [5.41, 5.74) is 37.6. The minimum absolute atomic E-state index is 0.359. The summed E-state index contributed by atoms with van der Waals surface area (Å²) in [5, 5.41) is 9.30. The van der Waals surface area contributed by atoms with Gasteiger partial charge in [-0.25, -0.2) is 0 Å². The summed E-state index contributed by atoms with van der Waals surface area (Å²) >= 11 is 0. The van der Waals surface area contributed by atoms with Crippen LogP contribution in [-0.4, -0.2) is 17.3 Å². The van der Waals surface area contributed by atoms with Gasteiger partial charge in [0.1, 0.15) is 0 Å². The summed E-state index contributed by atoms with van der Waals surface area (Å²) < 4.78 is 0. The Balaban J connectivity index is 5.38. The van der Waals surface area contributed by atoms with Crippen LogP contribution in [-0.2, 0) is 0 Å². The maximum Gasteiger partial charge on any atom is 0.0949 e. The van der Waals surface area contributed by atoms with Crippen molar-refractivity contribution in [1.29, 1.82) is 0 Å². The molecular weight excluding hydrogens is 246 g/mol. The number of hydrogen-bond donors (Lipinski definition) is 2. The standard InChI is InChI=1S/C18H11NO/c1-3-4-5-6-7-8-9-10-11-12-13-14-15-16-18(20)17(2)19/h16-18,20H,1,19H2,2H3/t17-,18+/m0/s1. The minimum Gasteiger partial charge on any atom is -0.387 e. The van der Waals surface area contributed by atoms with E-state index in [4.69, 9.17) is 5.73 Å². The van der Waals surface area contributed by atoms with Gasteiger partial charge in [-0.2, -0.15) is 0 Å². The highest BCUT2D eigenvalue weighted by molar-refractivity contribution is 4.95. The number of hydrogen-bond acceptors (Lipinski definition) is 2. The second kappa shape index (κ2) is 12.3. The zero-order valence-electron chi connectivity index (χ0n) is 11.0. The monoisotopic (exact) mass is 257 g/mol. The van der Waals surface area contributed by atoms with Gasteiger partial charge in [0.15, 0.2) is 0 Å². The molecule has 0 aliphatic heterocycles. The van der Waals surface area contributed by atoms with Gasteiger partial charge in [-0.3, -0.25) is 0 Å². The molecule has 0 saturated carbocycles. The van der Waals surface area contributed by atoms with Crippen molar-refractivity contribution in [1.82, 2.24) is 0 Å². The lowest BCUT2D eigenvalue weighted by molar-refractivity contribution is 0.198. The molecule has 2 atom stereocenters. The lowest BCUT2D eigenvalue weighted by Crippen LogP contribution is -2.29. The largest absolute Gasteiger partial charge is 0.387 e. The summed E-state index contributed by atoms with van der Waals surface area (Å²) in [6.07, 6.45) is 0.616. The predicted molar refractivity (Wildman–Crippen MR) is 75.5 cm³/mol. The van der Waals surface area contributed by atoms with Gasteiger partial charge in [-0.1, -0.05) is 11.5 Å². The quantitative estimate of drug-likeness (QED) is 0.742. The van der Waals surface area contributed by atoms with Crippen LogP contribution in [0.1, 0.15) is 6.92 Å². The molecule has 0 aliphatic carbocycles. The summed E-state index contributed by atoms with van der Waals surface area (Å²) in [6, 6.07) is -0.359. The molecule has 3 N–H and O–H groups in total. The molecule has 0 amide bonds. The molecule has 0 heterocycles. The minimum atomic E-state index is -0.762. The average molecular weight is 257 g/mol. The fraction of sp³-hybridized carbons (Fsp3) is 0.167. The Morgan fingerprint density at radius 1 is 0.850 bits per heavy atom. The van der Waals surface area contributed by atoms with Crippen molar-refractivity contribution in [3.8, 4) is 0 Å². The Morgan fingerprint density at radius 3 is 1.65 bits per heavy atom. The molecule has 0 rings (SSSR count). The van der Waals surface area contributed by atoms with Gasteiger partial charge in [0.2, 0.25) is 0 Å². The molecule has 20 heavy (non-hydrogen) atoms. The van der Waals surface area contributed by atoms with Crippen molar-refractivity contribution in [2.45, 2.75) is 19.1 Å². The maximum absolute atomic E-state index is 9.30. The van der Waals surface area contributed by atoms with Gasteiger partial charge in [0.05, 0.1) is 6.10 Å². The number of nitrogens with two attached hydrogens (primary N) is 1. The smallest absolute Gasteiger partial charge is 0.0949 e. The molecule has 0 saturated heterocycles. The van der Waals surface area contributed by atoms with Crippen LogP contribution in [0.3, 0.4) is 0 Å². The van der Waals surface area contributed by atoms with Crippen LogP contribution in [0.25, 0.3) is 0 Å². The third-order valence-electron chi connectivity index (χ3n) is 1.58. The third kappa shape index (κ3) is 11.3. The van der Waals surface area contributed by atoms with Crippen molar-refractivity contribution >= 4 is 0 Å². The molecule has 0 unspecified atom stereocenters. The summed E-state index contributed by atoms with van der Waals surface area (Å²) in [5.74, 6) is 0. The first-order valence-electron chi connectivity index (χ1n) is 5.48. The Hall–Kier alpha value is -3.20. The zero-order chi connectivity index (χ0) is 15.1. The van der Waals surface area contributed by atoms with E-state index < -0.39 is 6.10 Å². The van der Waals surface area contributed by atoms with Crippen LogP contribution in [0, 0.1) is 0 Å². The molecule has 0 aromatic rings. The average Bonchev–Trinajstić information content (AvgIpc) is 2.43. The van der Waals surface area contributed by atoms with E-state index in [1.165, 1.54) is 6.08 Å². The molecule has 94 valence electrons. The summed E-state index contributed by atoms with van der Waals surface area (Å²) in [6.45, 7) is 4.98. The molecule has 0 fully saturated rings. The van der Waals surface area contributed by atoms with Crippen LogP contribution >= 0.6 is 0 Å². The van der Waals surface area contributed by atoms with Crippen molar-refractivity contribution < 1.29 is 5.11 Å². The first-order chi connectivity index (χ1) is 9.68. The highest BCUT2D eigenvalue weighted by Crippen LogP contribution is 1.88. The number of aliphatic hydroxyl groups is 1. The molecule has 0 aromatic carbocycles. The Labute approximate surface area is 117 Å². The van der Waals surface area contributed by atoms with Crippen LogP contribution in [0.4, 0.5) is 0 Å². The topological polar surface area (TPSA) is 46.2 Å². The number of aliphatic hydroxyl groups excluding tert-OH is 1. The van der Waals surface area contributed by atoms with E-state index in [0.717, 1.165) is 0 Å². The first-order valence-corrected chi connectivity index (χ1v) is 5.48. The van der Waals surface area contributed by atoms with E-state index in [0.29, 0.717) is 0 Å². The molecule has 2 heteroatoms. The molecule has 0 aromatic heterocycles.